The number of fused-ring (bicyclic) bond motifs is 1. The Balaban J connectivity index is 2.03. The molecule has 1 amide bonds. The molecule has 0 spiro atoms. The van der Waals surface area contributed by atoms with E-state index in [0.29, 0.717) is 23.9 Å². The summed E-state index contributed by atoms with van der Waals surface area (Å²) in [5.74, 6) is 1.17. The predicted octanol–water partition coefficient (Wildman–Crippen LogP) is 2.93. The van der Waals surface area contributed by atoms with Gasteiger partial charge in [0.15, 0.2) is 0 Å². The Labute approximate surface area is 163 Å². The lowest BCUT2D eigenvalue weighted by molar-refractivity contribution is -0.129. The van der Waals surface area contributed by atoms with E-state index in [0.717, 1.165) is 54.1 Å². The highest BCUT2D eigenvalue weighted by molar-refractivity contribution is 7.20. The van der Waals surface area contributed by atoms with E-state index < -0.39 is 0 Å². The molecular weight excluding hydrogens is 364 g/mol. The third-order valence-corrected chi connectivity index (χ3v) is 5.84. The number of amides is 1. The van der Waals surface area contributed by atoms with Gasteiger partial charge in [0.25, 0.3) is 0 Å². The van der Waals surface area contributed by atoms with E-state index in [2.05, 4.69) is 16.9 Å². The van der Waals surface area contributed by atoms with Crippen molar-refractivity contribution in [1.82, 2.24) is 14.9 Å². The number of carbonyl (C=O) groups is 2. The second kappa shape index (κ2) is 8.21. The molecule has 0 atom stereocenters. The summed E-state index contributed by atoms with van der Waals surface area (Å²) in [6, 6.07) is 0. The van der Waals surface area contributed by atoms with Crippen molar-refractivity contribution in [3.63, 3.8) is 0 Å². The molecule has 3 rings (SSSR count). The fourth-order valence-electron chi connectivity index (χ4n) is 3.45. The molecule has 0 aromatic carbocycles. The largest absolute Gasteiger partial charge is 0.462 e. The van der Waals surface area contributed by atoms with Gasteiger partial charge in [-0.15, -0.1) is 11.3 Å². The van der Waals surface area contributed by atoms with Gasteiger partial charge >= 0.3 is 5.97 Å². The molecule has 0 bridgehead atoms. The molecule has 0 saturated carbocycles. The highest BCUT2D eigenvalue weighted by atomic mass is 32.1. The van der Waals surface area contributed by atoms with Crippen molar-refractivity contribution < 1.29 is 14.3 Å². The number of hydrogen-bond acceptors (Lipinski definition) is 7. The van der Waals surface area contributed by atoms with Crippen molar-refractivity contribution in [2.75, 3.05) is 37.7 Å². The molecule has 3 heterocycles. The molecule has 0 radical (unpaired) electrons. The molecular formula is C19H26N4O3S. The van der Waals surface area contributed by atoms with Gasteiger partial charge in [0.2, 0.25) is 5.91 Å². The number of aromatic nitrogens is 2. The average molecular weight is 391 g/mol. The summed E-state index contributed by atoms with van der Waals surface area (Å²) in [6.07, 6.45) is 1.85. The Kier molecular flexibility index (Phi) is 5.94. The quantitative estimate of drug-likeness (QED) is 0.731. The molecule has 7 nitrogen and oxygen atoms in total. The highest BCUT2D eigenvalue weighted by Gasteiger charge is 2.27. The number of rotatable bonds is 5. The van der Waals surface area contributed by atoms with E-state index in [1.54, 1.807) is 6.92 Å². The van der Waals surface area contributed by atoms with Gasteiger partial charge in [0.1, 0.15) is 21.3 Å². The molecule has 2 aromatic rings. The van der Waals surface area contributed by atoms with Gasteiger partial charge < -0.3 is 14.5 Å². The third kappa shape index (κ3) is 3.90. The maximum absolute atomic E-state index is 12.7. The fraction of sp³-hybridized carbons (Fsp3) is 0.579. The first-order chi connectivity index (χ1) is 13.0. The van der Waals surface area contributed by atoms with Crippen molar-refractivity contribution in [3.05, 3.63) is 16.3 Å². The van der Waals surface area contributed by atoms with Gasteiger partial charge in [-0.1, -0.05) is 6.92 Å². The highest BCUT2D eigenvalue weighted by Crippen LogP contribution is 2.36. The molecule has 1 fully saturated rings. The first-order valence-electron chi connectivity index (χ1n) is 9.43. The first kappa shape index (κ1) is 19.5. The maximum Gasteiger partial charge on any atom is 0.348 e. The Morgan fingerprint density at radius 3 is 2.70 bits per heavy atom. The van der Waals surface area contributed by atoms with Gasteiger partial charge in [0.05, 0.1) is 18.5 Å². The summed E-state index contributed by atoms with van der Waals surface area (Å²) >= 11 is 1.33. The Morgan fingerprint density at radius 2 is 2.00 bits per heavy atom. The summed E-state index contributed by atoms with van der Waals surface area (Å²) < 4.78 is 5.18. The van der Waals surface area contributed by atoms with Gasteiger partial charge in [-0.2, -0.15) is 0 Å². The minimum absolute atomic E-state index is 0.122. The molecule has 1 saturated heterocycles. The predicted molar refractivity (Wildman–Crippen MR) is 107 cm³/mol. The molecule has 0 unspecified atom stereocenters. The minimum atomic E-state index is -0.331. The van der Waals surface area contributed by atoms with Crippen LogP contribution < -0.4 is 4.90 Å². The van der Waals surface area contributed by atoms with Crippen LogP contribution in [0.2, 0.25) is 0 Å². The van der Waals surface area contributed by atoms with E-state index in [9.17, 15) is 9.59 Å². The smallest absolute Gasteiger partial charge is 0.348 e. The topological polar surface area (TPSA) is 75.6 Å². The van der Waals surface area contributed by atoms with Crippen LogP contribution in [0.15, 0.2) is 0 Å². The van der Waals surface area contributed by atoms with E-state index in [1.165, 1.54) is 11.3 Å². The minimum Gasteiger partial charge on any atom is -0.462 e. The summed E-state index contributed by atoms with van der Waals surface area (Å²) in [7, 11) is 0. The summed E-state index contributed by atoms with van der Waals surface area (Å²) in [5, 5.41) is 0.852. The number of esters is 1. The van der Waals surface area contributed by atoms with Crippen molar-refractivity contribution in [3.8, 4) is 0 Å². The average Bonchev–Trinajstić information content (AvgIpc) is 2.84. The number of hydrogen-bond donors (Lipinski definition) is 0. The van der Waals surface area contributed by atoms with Crippen molar-refractivity contribution in [2.45, 2.75) is 40.5 Å². The van der Waals surface area contributed by atoms with Crippen molar-refractivity contribution >= 4 is 39.2 Å². The van der Waals surface area contributed by atoms with Crippen LogP contribution in [0.5, 0.6) is 0 Å². The standard InChI is InChI=1S/C19H26N4O3S/c1-5-8-22-9-7-10-23(11-14(22)24)17-15-12(3)16(19(25)26-6-2)27-18(15)21-13(4)20-17/h5-11H2,1-4H3. The van der Waals surface area contributed by atoms with Gasteiger partial charge in [0, 0.05) is 19.6 Å². The third-order valence-electron chi connectivity index (χ3n) is 4.67. The van der Waals surface area contributed by atoms with E-state index in [-0.39, 0.29) is 11.9 Å². The number of carbonyl (C=O) groups excluding carboxylic acids is 2. The lowest BCUT2D eigenvalue weighted by atomic mass is 10.2. The Bertz CT molecular complexity index is 864. The van der Waals surface area contributed by atoms with Crippen LogP contribution in [0, 0.1) is 13.8 Å². The number of nitrogens with zero attached hydrogens (tertiary/aromatic N) is 4. The normalized spacial score (nSPS) is 15.3. The summed E-state index contributed by atoms with van der Waals surface area (Å²) in [6.45, 7) is 10.6. The SMILES string of the molecule is CCCN1CCCN(c2nc(C)nc3sc(C(=O)OCC)c(C)c23)CC1=O. The Hall–Kier alpha value is -2.22. The van der Waals surface area contributed by atoms with Gasteiger partial charge in [-0.25, -0.2) is 14.8 Å². The van der Waals surface area contributed by atoms with E-state index in [4.69, 9.17) is 4.74 Å². The van der Waals surface area contributed by atoms with Gasteiger partial charge in [-0.05, 0) is 39.2 Å². The molecule has 27 heavy (non-hydrogen) atoms. The molecule has 8 heteroatoms. The zero-order valence-electron chi connectivity index (χ0n) is 16.4. The van der Waals surface area contributed by atoms with Crippen molar-refractivity contribution in [1.29, 1.82) is 0 Å². The second-order valence-electron chi connectivity index (χ2n) is 6.71. The zero-order chi connectivity index (χ0) is 19.6. The monoisotopic (exact) mass is 390 g/mol. The van der Waals surface area contributed by atoms with Crippen LogP contribution in [-0.4, -0.2) is 59.5 Å². The van der Waals surface area contributed by atoms with Crippen LogP contribution in [0.3, 0.4) is 0 Å². The lowest BCUT2D eigenvalue weighted by Crippen LogP contribution is -2.37. The van der Waals surface area contributed by atoms with Gasteiger partial charge in [-0.3, -0.25) is 4.79 Å². The Morgan fingerprint density at radius 1 is 1.22 bits per heavy atom. The van der Waals surface area contributed by atoms with Crippen LogP contribution in [0.25, 0.3) is 10.2 Å². The van der Waals surface area contributed by atoms with Crippen LogP contribution in [-0.2, 0) is 9.53 Å². The van der Waals surface area contributed by atoms with E-state index >= 15 is 0 Å². The molecule has 1 aliphatic rings. The van der Waals surface area contributed by atoms with Crippen LogP contribution in [0.1, 0.15) is 47.7 Å². The lowest BCUT2D eigenvalue weighted by Gasteiger charge is -2.23. The van der Waals surface area contributed by atoms with Crippen molar-refractivity contribution in [2.24, 2.45) is 0 Å². The van der Waals surface area contributed by atoms with Crippen LogP contribution in [0.4, 0.5) is 5.82 Å². The first-order valence-corrected chi connectivity index (χ1v) is 10.3. The van der Waals surface area contributed by atoms with E-state index in [1.807, 2.05) is 23.6 Å². The van der Waals surface area contributed by atoms with Crippen LogP contribution >= 0.6 is 11.3 Å². The molecule has 0 N–H and O–H groups in total. The fourth-order valence-corrected chi connectivity index (χ4v) is 4.56. The molecule has 0 aliphatic carbocycles. The number of aryl methyl sites for hydroxylation is 2. The number of anilines is 1. The molecule has 1 aliphatic heterocycles. The summed E-state index contributed by atoms with van der Waals surface area (Å²) in [5.41, 5.74) is 0.825. The second-order valence-corrected chi connectivity index (χ2v) is 7.71. The maximum atomic E-state index is 12.7. The summed E-state index contributed by atoms with van der Waals surface area (Å²) in [4.78, 5) is 39.4. The number of ether oxygens (including phenoxy) is 1. The zero-order valence-corrected chi connectivity index (χ0v) is 17.2. The molecule has 2 aromatic heterocycles. The molecule has 146 valence electrons. The number of thiophene rings is 1.